The maximum atomic E-state index is 13.9. The molecule has 160 valence electrons. The van der Waals surface area contributed by atoms with E-state index >= 15 is 0 Å². The fraction of sp³-hybridized carbons (Fsp3) is 0.273. The Bertz CT molecular complexity index is 899. The molecule has 0 radical (unpaired) electrons. The van der Waals surface area contributed by atoms with Crippen LogP contribution in [0.1, 0.15) is 37.0 Å². The highest BCUT2D eigenvalue weighted by Crippen LogP contribution is 2.32. The Hall–Kier alpha value is -3.39. The van der Waals surface area contributed by atoms with Crippen LogP contribution in [0.15, 0.2) is 54.6 Å². The van der Waals surface area contributed by atoms with E-state index in [1.807, 2.05) is 26.0 Å². The lowest BCUT2D eigenvalue weighted by molar-refractivity contribution is -0.124. The van der Waals surface area contributed by atoms with E-state index in [-0.39, 0.29) is 5.92 Å². The van der Waals surface area contributed by atoms with Crippen molar-refractivity contribution < 1.29 is 29.0 Å². The summed E-state index contributed by atoms with van der Waals surface area (Å²) in [6, 6.07) is 11.0. The van der Waals surface area contributed by atoms with Gasteiger partial charge in [-0.15, -0.1) is 0 Å². The SMILES string of the molecule is Cc1ccc(NC(=O)O[C@H](c2ccc(O)c(F)c2)[C@H](C)CC/C=C/C(=O)NO)cc1. The normalized spacial score (nSPS) is 12.9. The van der Waals surface area contributed by atoms with Crippen LogP contribution in [0, 0.1) is 18.7 Å². The predicted octanol–water partition coefficient (Wildman–Crippen LogP) is 4.61. The zero-order chi connectivity index (χ0) is 22.1. The summed E-state index contributed by atoms with van der Waals surface area (Å²) in [5, 5.41) is 20.6. The van der Waals surface area contributed by atoms with Gasteiger partial charge < -0.3 is 9.84 Å². The summed E-state index contributed by atoms with van der Waals surface area (Å²) < 4.78 is 19.5. The number of benzene rings is 2. The molecule has 0 unspecified atom stereocenters. The van der Waals surface area contributed by atoms with Gasteiger partial charge in [0.2, 0.25) is 0 Å². The molecule has 0 spiro atoms. The predicted molar refractivity (Wildman–Crippen MR) is 110 cm³/mol. The summed E-state index contributed by atoms with van der Waals surface area (Å²) in [7, 11) is 0. The summed E-state index contributed by atoms with van der Waals surface area (Å²) in [6.07, 6.45) is 2.26. The van der Waals surface area contributed by atoms with E-state index in [0.29, 0.717) is 24.1 Å². The van der Waals surface area contributed by atoms with E-state index in [9.17, 15) is 19.1 Å². The molecular weight excluding hydrogens is 391 g/mol. The van der Waals surface area contributed by atoms with Crippen molar-refractivity contribution >= 4 is 17.7 Å². The Labute approximate surface area is 174 Å². The number of phenolic OH excluding ortho intramolecular Hbond substituents is 1. The monoisotopic (exact) mass is 416 g/mol. The van der Waals surface area contributed by atoms with Gasteiger partial charge in [-0.3, -0.25) is 15.3 Å². The van der Waals surface area contributed by atoms with Crippen molar-refractivity contribution in [3.05, 3.63) is 71.6 Å². The van der Waals surface area contributed by atoms with E-state index in [2.05, 4.69) is 5.32 Å². The van der Waals surface area contributed by atoms with Crippen LogP contribution in [0.25, 0.3) is 0 Å². The van der Waals surface area contributed by atoms with Crippen molar-refractivity contribution in [2.24, 2.45) is 5.92 Å². The molecule has 0 fully saturated rings. The van der Waals surface area contributed by atoms with Crippen molar-refractivity contribution in [1.82, 2.24) is 5.48 Å². The number of carbonyl (C=O) groups excluding carboxylic acids is 2. The maximum absolute atomic E-state index is 13.9. The topological polar surface area (TPSA) is 108 Å². The molecule has 8 heteroatoms. The van der Waals surface area contributed by atoms with Crippen LogP contribution >= 0.6 is 0 Å². The molecule has 4 N–H and O–H groups in total. The number of allylic oxidation sites excluding steroid dienone is 1. The summed E-state index contributed by atoms with van der Waals surface area (Å²) in [6.45, 7) is 3.76. The first-order valence-corrected chi connectivity index (χ1v) is 9.43. The third-order valence-corrected chi connectivity index (χ3v) is 4.52. The zero-order valence-corrected chi connectivity index (χ0v) is 16.8. The molecule has 0 aliphatic heterocycles. The molecule has 0 saturated heterocycles. The van der Waals surface area contributed by atoms with E-state index in [0.717, 1.165) is 11.6 Å². The highest BCUT2D eigenvalue weighted by molar-refractivity contribution is 5.86. The molecule has 0 aromatic heterocycles. The number of anilines is 1. The molecule has 0 saturated carbocycles. The first-order valence-electron chi connectivity index (χ1n) is 9.43. The molecule has 30 heavy (non-hydrogen) atoms. The molecular formula is C22H25FN2O5. The number of rotatable bonds is 8. The summed E-state index contributed by atoms with van der Waals surface area (Å²) in [5.74, 6) is -2.19. The Morgan fingerprint density at radius 2 is 1.90 bits per heavy atom. The fourth-order valence-corrected chi connectivity index (χ4v) is 2.85. The Morgan fingerprint density at radius 1 is 1.20 bits per heavy atom. The van der Waals surface area contributed by atoms with Gasteiger partial charge in [-0.1, -0.05) is 36.8 Å². The van der Waals surface area contributed by atoms with Crippen molar-refractivity contribution in [3.63, 3.8) is 0 Å². The summed E-state index contributed by atoms with van der Waals surface area (Å²) >= 11 is 0. The smallest absolute Gasteiger partial charge is 0.412 e. The number of carbonyl (C=O) groups is 2. The molecule has 0 aliphatic carbocycles. The van der Waals surface area contributed by atoms with Crippen molar-refractivity contribution in [2.75, 3.05) is 5.32 Å². The van der Waals surface area contributed by atoms with Crippen LogP contribution < -0.4 is 10.8 Å². The van der Waals surface area contributed by atoms with Gasteiger partial charge in [0, 0.05) is 11.8 Å². The molecule has 2 amide bonds. The number of hydrogen-bond donors (Lipinski definition) is 4. The third kappa shape index (κ3) is 6.89. The van der Waals surface area contributed by atoms with E-state index in [4.69, 9.17) is 9.94 Å². The quantitative estimate of drug-likeness (QED) is 0.286. The molecule has 2 aromatic carbocycles. The number of amides is 2. The number of hydroxylamine groups is 1. The number of phenols is 1. The minimum Gasteiger partial charge on any atom is -0.505 e. The van der Waals surface area contributed by atoms with Crippen molar-refractivity contribution in [3.8, 4) is 5.75 Å². The van der Waals surface area contributed by atoms with E-state index in [1.54, 1.807) is 18.2 Å². The lowest BCUT2D eigenvalue weighted by Gasteiger charge is -2.25. The van der Waals surface area contributed by atoms with Crippen molar-refractivity contribution in [1.29, 1.82) is 0 Å². The molecule has 0 aliphatic rings. The zero-order valence-electron chi connectivity index (χ0n) is 16.8. The number of aryl methyl sites for hydroxylation is 1. The van der Waals surface area contributed by atoms with Crippen LogP contribution in [0.5, 0.6) is 5.75 Å². The van der Waals surface area contributed by atoms with Crippen LogP contribution in [-0.2, 0) is 9.53 Å². The number of halogens is 1. The second-order valence-electron chi connectivity index (χ2n) is 6.96. The minimum atomic E-state index is -0.813. The lowest BCUT2D eigenvalue weighted by atomic mass is 9.93. The van der Waals surface area contributed by atoms with Crippen LogP contribution in [0.4, 0.5) is 14.9 Å². The summed E-state index contributed by atoms with van der Waals surface area (Å²) in [5.41, 5.74) is 3.50. The molecule has 2 rings (SSSR count). The van der Waals surface area contributed by atoms with E-state index in [1.165, 1.54) is 23.7 Å². The fourth-order valence-electron chi connectivity index (χ4n) is 2.85. The minimum absolute atomic E-state index is 0.237. The maximum Gasteiger partial charge on any atom is 0.412 e. The van der Waals surface area contributed by atoms with Crippen LogP contribution in [0.2, 0.25) is 0 Å². The van der Waals surface area contributed by atoms with E-state index < -0.39 is 29.7 Å². The largest absolute Gasteiger partial charge is 0.505 e. The number of ether oxygens (including phenoxy) is 1. The first-order chi connectivity index (χ1) is 14.3. The number of hydrogen-bond acceptors (Lipinski definition) is 5. The molecule has 0 bridgehead atoms. The Kier molecular flexibility index (Phi) is 8.37. The molecule has 2 aromatic rings. The van der Waals surface area contributed by atoms with Gasteiger partial charge in [0.25, 0.3) is 5.91 Å². The van der Waals surface area contributed by atoms with Crippen LogP contribution in [-0.4, -0.2) is 22.3 Å². The average Bonchev–Trinajstić information content (AvgIpc) is 2.72. The Morgan fingerprint density at radius 3 is 2.53 bits per heavy atom. The highest BCUT2D eigenvalue weighted by atomic mass is 19.1. The Balaban J connectivity index is 2.12. The second kappa shape index (κ2) is 11.0. The lowest BCUT2D eigenvalue weighted by Crippen LogP contribution is -2.22. The van der Waals surface area contributed by atoms with Gasteiger partial charge in [0.05, 0.1) is 0 Å². The number of nitrogens with one attached hydrogen (secondary N) is 2. The van der Waals surface area contributed by atoms with Crippen molar-refractivity contribution in [2.45, 2.75) is 32.8 Å². The van der Waals surface area contributed by atoms with Gasteiger partial charge in [-0.2, -0.15) is 0 Å². The second-order valence-corrected chi connectivity index (χ2v) is 6.96. The summed E-state index contributed by atoms with van der Waals surface area (Å²) in [4.78, 5) is 23.5. The molecule has 7 nitrogen and oxygen atoms in total. The van der Waals surface area contributed by atoms with Crippen LogP contribution in [0.3, 0.4) is 0 Å². The standard InChI is InChI=1S/C22H25FN2O5/c1-14-7-10-17(11-8-14)24-22(28)30-21(16-9-12-19(26)18(23)13-16)15(2)5-3-4-6-20(27)25-29/h4,6-13,15,21,26,29H,3,5H2,1-2H3,(H,24,28)(H,25,27)/b6-4+/t15-,21+/m1/s1. The first kappa shape index (κ1) is 22.9. The van der Waals surface area contributed by atoms with Gasteiger partial charge in [-0.05, 0) is 55.5 Å². The van der Waals surface area contributed by atoms with Gasteiger partial charge in [0.1, 0.15) is 6.10 Å². The van der Waals surface area contributed by atoms with Gasteiger partial charge in [0.15, 0.2) is 11.6 Å². The molecule has 2 atom stereocenters. The highest BCUT2D eigenvalue weighted by Gasteiger charge is 2.24. The van der Waals surface area contributed by atoms with Gasteiger partial charge in [-0.25, -0.2) is 14.7 Å². The third-order valence-electron chi connectivity index (χ3n) is 4.52. The average molecular weight is 416 g/mol. The van der Waals surface area contributed by atoms with Gasteiger partial charge >= 0.3 is 6.09 Å². The number of aromatic hydroxyl groups is 1. The molecule has 0 heterocycles.